The Bertz CT molecular complexity index is 443. The molecule has 0 fully saturated rings. The number of aryl methyl sites for hydroxylation is 1. The summed E-state index contributed by atoms with van der Waals surface area (Å²) in [5.41, 5.74) is 9.53. The van der Waals surface area contributed by atoms with Crippen molar-refractivity contribution >= 4 is 10.9 Å². The SMILES string of the molecule is Cc1cccc2c([C@H](C)CN)c[nH]c12. The van der Waals surface area contributed by atoms with Crippen LogP contribution < -0.4 is 5.73 Å². The highest BCUT2D eigenvalue weighted by Crippen LogP contribution is 2.26. The van der Waals surface area contributed by atoms with Gasteiger partial charge in [-0.25, -0.2) is 0 Å². The third-order valence-electron chi connectivity index (χ3n) is 2.84. The van der Waals surface area contributed by atoms with E-state index in [4.69, 9.17) is 5.73 Å². The molecule has 0 aliphatic heterocycles. The molecule has 0 saturated carbocycles. The lowest BCUT2D eigenvalue weighted by Gasteiger charge is -2.06. The number of nitrogens with one attached hydrogen (secondary N) is 1. The van der Waals surface area contributed by atoms with Crippen molar-refractivity contribution in [3.8, 4) is 0 Å². The first-order valence-electron chi connectivity index (χ1n) is 5.00. The van der Waals surface area contributed by atoms with Gasteiger partial charge in [-0.1, -0.05) is 25.1 Å². The number of hydrogen-bond acceptors (Lipinski definition) is 1. The Hall–Kier alpha value is -1.28. The molecule has 0 aliphatic rings. The van der Waals surface area contributed by atoms with Crippen molar-refractivity contribution in [2.75, 3.05) is 6.54 Å². The molecule has 3 N–H and O–H groups in total. The van der Waals surface area contributed by atoms with Crippen LogP contribution in [0.25, 0.3) is 10.9 Å². The summed E-state index contributed by atoms with van der Waals surface area (Å²) in [6, 6.07) is 6.37. The molecule has 2 aromatic rings. The predicted octanol–water partition coefficient (Wildman–Crippen LogP) is 2.54. The summed E-state index contributed by atoms with van der Waals surface area (Å²) in [4.78, 5) is 3.32. The van der Waals surface area contributed by atoms with Gasteiger partial charge in [0, 0.05) is 17.1 Å². The largest absolute Gasteiger partial charge is 0.361 e. The van der Waals surface area contributed by atoms with Crippen LogP contribution in [0.3, 0.4) is 0 Å². The van der Waals surface area contributed by atoms with Crippen LogP contribution in [0, 0.1) is 6.92 Å². The number of para-hydroxylation sites is 1. The van der Waals surface area contributed by atoms with E-state index in [0.717, 1.165) is 0 Å². The molecule has 2 heteroatoms. The summed E-state index contributed by atoms with van der Waals surface area (Å²) in [7, 11) is 0. The Morgan fingerprint density at radius 1 is 1.43 bits per heavy atom. The maximum atomic E-state index is 5.68. The van der Waals surface area contributed by atoms with E-state index in [1.165, 1.54) is 22.0 Å². The zero-order chi connectivity index (χ0) is 10.1. The third-order valence-corrected chi connectivity index (χ3v) is 2.84. The van der Waals surface area contributed by atoms with Gasteiger partial charge in [0.2, 0.25) is 0 Å². The quantitative estimate of drug-likeness (QED) is 0.747. The summed E-state index contributed by atoms with van der Waals surface area (Å²) in [6.07, 6.45) is 2.08. The lowest BCUT2D eigenvalue weighted by atomic mass is 10.00. The molecule has 0 aliphatic carbocycles. The Morgan fingerprint density at radius 2 is 2.21 bits per heavy atom. The van der Waals surface area contributed by atoms with E-state index in [0.29, 0.717) is 12.5 Å². The lowest BCUT2D eigenvalue weighted by Crippen LogP contribution is -2.08. The summed E-state index contributed by atoms with van der Waals surface area (Å²) in [5, 5.41) is 1.31. The fraction of sp³-hybridized carbons (Fsp3) is 0.333. The number of benzene rings is 1. The van der Waals surface area contributed by atoms with E-state index in [1.807, 2.05) is 0 Å². The van der Waals surface area contributed by atoms with Gasteiger partial charge in [-0.15, -0.1) is 0 Å². The number of H-pyrrole nitrogens is 1. The van der Waals surface area contributed by atoms with Gasteiger partial charge in [-0.05, 0) is 30.5 Å². The van der Waals surface area contributed by atoms with Crippen LogP contribution in [-0.4, -0.2) is 11.5 Å². The number of aromatic amines is 1. The summed E-state index contributed by atoms with van der Waals surface area (Å²) >= 11 is 0. The van der Waals surface area contributed by atoms with Crippen LogP contribution in [-0.2, 0) is 0 Å². The molecule has 1 aromatic heterocycles. The van der Waals surface area contributed by atoms with Crippen molar-refractivity contribution in [2.24, 2.45) is 5.73 Å². The normalized spacial score (nSPS) is 13.4. The smallest absolute Gasteiger partial charge is 0.0486 e. The molecule has 2 rings (SSSR count). The number of aromatic nitrogens is 1. The first kappa shape index (κ1) is 9.28. The van der Waals surface area contributed by atoms with Crippen LogP contribution in [0.4, 0.5) is 0 Å². The average Bonchev–Trinajstić information content (AvgIpc) is 2.62. The Morgan fingerprint density at radius 3 is 2.93 bits per heavy atom. The van der Waals surface area contributed by atoms with Crippen LogP contribution in [0.15, 0.2) is 24.4 Å². The van der Waals surface area contributed by atoms with Crippen molar-refractivity contribution in [1.82, 2.24) is 4.98 Å². The topological polar surface area (TPSA) is 41.8 Å². The van der Waals surface area contributed by atoms with Gasteiger partial charge < -0.3 is 10.7 Å². The second-order valence-corrected chi connectivity index (χ2v) is 3.88. The van der Waals surface area contributed by atoms with E-state index < -0.39 is 0 Å². The molecule has 0 unspecified atom stereocenters. The Balaban J connectivity index is 2.63. The fourth-order valence-electron chi connectivity index (χ4n) is 1.86. The molecule has 1 aromatic carbocycles. The van der Waals surface area contributed by atoms with E-state index in [9.17, 15) is 0 Å². The molecule has 0 bridgehead atoms. The molecule has 1 atom stereocenters. The molecule has 14 heavy (non-hydrogen) atoms. The minimum atomic E-state index is 0.422. The van der Waals surface area contributed by atoms with Gasteiger partial charge in [0.1, 0.15) is 0 Å². The minimum absolute atomic E-state index is 0.422. The predicted molar refractivity (Wildman–Crippen MR) is 60.5 cm³/mol. The molecule has 1 heterocycles. The van der Waals surface area contributed by atoms with Crippen molar-refractivity contribution in [3.63, 3.8) is 0 Å². The van der Waals surface area contributed by atoms with Crippen LogP contribution in [0.5, 0.6) is 0 Å². The van der Waals surface area contributed by atoms with Crippen molar-refractivity contribution in [1.29, 1.82) is 0 Å². The second kappa shape index (κ2) is 3.46. The molecule has 74 valence electrons. The summed E-state index contributed by atoms with van der Waals surface area (Å²) in [5.74, 6) is 0.422. The highest BCUT2D eigenvalue weighted by Gasteiger charge is 2.09. The van der Waals surface area contributed by atoms with Gasteiger partial charge in [0.25, 0.3) is 0 Å². The molecule has 0 radical (unpaired) electrons. The fourth-order valence-corrected chi connectivity index (χ4v) is 1.86. The first-order valence-corrected chi connectivity index (χ1v) is 5.00. The minimum Gasteiger partial charge on any atom is -0.361 e. The molecular formula is C12H16N2. The molecule has 0 saturated heterocycles. The number of nitrogens with two attached hydrogens (primary N) is 1. The summed E-state index contributed by atoms with van der Waals surface area (Å²) < 4.78 is 0. The number of hydrogen-bond donors (Lipinski definition) is 2. The maximum Gasteiger partial charge on any atom is 0.0486 e. The molecule has 2 nitrogen and oxygen atoms in total. The Kier molecular flexibility index (Phi) is 2.30. The van der Waals surface area contributed by atoms with E-state index in [1.54, 1.807) is 0 Å². The first-order chi connectivity index (χ1) is 6.74. The van der Waals surface area contributed by atoms with Crippen LogP contribution in [0.1, 0.15) is 24.0 Å². The number of rotatable bonds is 2. The van der Waals surface area contributed by atoms with Gasteiger partial charge in [-0.2, -0.15) is 0 Å². The zero-order valence-electron chi connectivity index (χ0n) is 8.67. The van der Waals surface area contributed by atoms with Crippen molar-refractivity contribution in [2.45, 2.75) is 19.8 Å². The second-order valence-electron chi connectivity index (χ2n) is 3.88. The van der Waals surface area contributed by atoms with Crippen LogP contribution >= 0.6 is 0 Å². The maximum absolute atomic E-state index is 5.68. The molecule has 0 spiro atoms. The Labute approximate surface area is 84.1 Å². The number of fused-ring (bicyclic) bond motifs is 1. The highest BCUT2D eigenvalue weighted by atomic mass is 14.7. The molecule has 0 amide bonds. The molecular weight excluding hydrogens is 172 g/mol. The standard InChI is InChI=1S/C12H16N2/c1-8-4-3-5-10-11(9(2)6-13)7-14-12(8)10/h3-5,7,9,14H,6,13H2,1-2H3/t9-/m1/s1. The van der Waals surface area contributed by atoms with Crippen molar-refractivity contribution in [3.05, 3.63) is 35.5 Å². The van der Waals surface area contributed by atoms with Gasteiger partial charge in [0.15, 0.2) is 0 Å². The third kappa shape index (κ3) is 1.32. The lowest BCUT2D eigenvalue weighted by molar-refractivity contribution is 0.780. The average molecular weight is 188 g/mol. The summed E-state index contributed by atoms with van der Waals surface area (Å²) in [6.45, 7) is 4.97. The van der Waals surface area contributed by atoms with Crippen LogP contribution in [0.2, 0.25) is 0 Å². The van der Waals surface area contributed by atoms with Gasteiger partial charge in [0.05, 0.1) is 0 Å². The van der Waals surface area contributed by atoms with Crippen molar-refractivity contribution < 1.29 is 0 Å². The van der Waals surface area contributed by atoms with E-state index in [2.05, 4.69) is 43.2 Å². The zero-order valence-corrected chi connectivity index (χ0v) is 8.67. The highest BCUT2D eigenvalue weighted by molar-refractivity contribution is 5.86. The monoisotopic (exact) mass is 188 g/mol. The van der Waals surface area contributed by atoms with Gasteiger partial charge in [-0.3, -0.25) is 0 Å². The van der Waals surface area contributed by atoms with Gasteiger partial charge >= 0.3 is 0 Å². The van der Waals surface area contributed by atoms with E-state index >= 15 is 0 Å². The van der Waals surface area contributed by atoms with E-state index in [-0.39, 0.29) is 0 Å².